The molecule has 0 aromatic heterocycles. The summed E-state index contributed by atoms with van der Waals surface area (Å²) in [5.41, 5.74) is 2.08. The lowest BCUT2D eigenvalue weighted by atomic mass is 10.1. The van der Waals surface area contributed by atoms with Crippen molar-refractivity contribution in [3.63, 3.8) is 0 Å². The molecule has 2 N–H and O–H groups in total. The summed E-state index contributed by atoms with van der Waals surface area (Å²) in [6.45, 7) is 1.78. The highest BCUT2D eigenvalue weighted by Gasteiger charge is 2.29. The first kappa shape index (κ1) is 15.9. The molecular formula is C18H19N3O3. The first-order chi connectivity index (χ1) is 11.6. The highest BCUT2D eigenvalue weighted by atomic mass is 16.5. The van der Waals surface area contributed by atoms with Crippen molar-refractivity contribution in [2.45, 2.75) is 13.0 Å². The lowest BCUT2D eigenvalue weighted by Crippen LogP contribution is -2.47. The van der Waals surface area contributed by atoms with Crippen LogP contribution in [-0.2, 0) is 9.59 Å². The zero-order valence-electron chi connectivity index (χ0n) is 13.6. The summed E-state index contributed by atoms with van der Waals surface area (Å²) in [5, 5.41) is 5.93. The van der Waals surface area contributed by atoms with Crippen LogP contribution in [0, 0.1) is 0 Å². The van der Waals surface area contributed by atoms with Gasteiger partial charge in [-0.15, -0.1) is 0 Å². The largest absolute Gasteiger partial charge is 0.495 e. The van der Waals surface area contributed by atoms with Crippen molar-refractivity contribution in [2.75, 3.05) is 29.2 Å². The smallest absolute Gasteiger partial charge is 0.249 e. The Balaban J connectivity index is 1.82. The number of hydrogen-bond acceptors (Lipinski definition) is 4. The average Bonchev–Trinajstić information content (AvgIpc) is 2.60. The monoisotopic (exact) mass is 325 g/mol. The molecule has 0 bridgehead atoms. The molecule has 3 rings (SSSR count). The molecule has 0 saturated heterocycles. The molecule has 1 heterocycles. The van der Waals surface area contributed by atoms with Gasteiger partial charge >= 0.3 is 0 Å². The van der Waals surface area contributed by atoms with Gasteiger partial charge < -0.3 is 15.4 Å². The standard InChI is InChI=1S/C18H19N3O3/c1-12(19-14-8-4-6-10-16(14)24-2)18(23)21-11-17(22)20-13-7-3-5-9-15(13)21/h3-10,12,19H,11H2,1-2H3,(H,20,22)/t12-/m0/s1. The zero-order valence-corrected chi connectivity index (χ0v) is 13.6. The Morgan fingerprint density at radius 2 is 1.92 bits per heavy atom. The van der Waals surface area contributed by atoms with Crippen LogP contribution in [0.4, 0.5) is 17.1 Å². The minimum atomic E-state index is -0.514. The number of benzene rings is 2. The number of para-hydroxylation sites is 4. The Morgan fingerprint density at radius 3 is 2.71 bits per heavy atom. The van der Waals surface area contributed by atoms with Gasteiger partial charge in [-0.25, -0.2) is 0 Å². The number of methoxy groups -OCH3 is 1. The third kappa shape index (κ3) is 3.03. The fourth-order valence-corrected chi connectivity index (χ4v) is 2.72. The van der Waals surface area contributed by atoms with Crippen molar-refractivity contribution in [3.05, 3.63) is 48.5 Å². The molecule has 0 saturated carbocycles. The second kappa shape index (κ2) is 6.62. The molecule has 24 heavy (non-hydrogen) atoms. The van der Waals surface area contributed by atoms with Crippen LogP contribution < -0.4 is 20.3 Å². The van der Waals surface area contributed by atoms with Gasteiger partial charge in [0.15, 0.2) is 0 Å². The second-order valence-electron chi connectivity index (χ2n) is 5.56. The Labute approximate surface area is 140 Å². The Morgan fingerprint density at radius 1 is 1.21 bits per heavy atom. The molecule has 0 spiro atoms. The molecule has 2 aromatic carbocycles. The van der Waals surface area contributed by atoms with Gasteiger partial charge in [0.1, 0.15) is 18.3 Å². The second-order valence-corrected chi connectivity index (χ2v) is 5.56. The summed E-state index contributed by atoms with van der Waals surface area (Å²) in [6.07, 6.45) is 0. The van der Waals surface area contributed by atoms with Crippen molar-refractivity contribution in [1.82, 2.24) is 0 Å². The van der Waals surface area contributed by atoms with Gasteiger partial charge in [-0.3, -0.25) is 14.5 Å². The summed E-state index contributed by atoms with van der Waals surface area (Å²) in [5.74, 6) is 0.281. The molecule has 2 amide bonds. The third-order valence-electron chi connectivity index (χ3n) is 3.89. The van der Waals surface area contributed by atoms with Gasteiger partial charge in [0.2, 0.25) is 11.8 Å². The highest BCUT2D eigenvalue weighted by Crippen LogP contribution is 2.30. The fourth-order valence-electron chi connectivity index (χ4n) is 2.72. The van der Waals surface area contributed by atoms with E-state index in [1.165, 1.54) is 4.90 Å². The maximum atomic E-state index is 12.9. The topological polar surface area (TPSA) is 70.7 Å². The van der Waals surface area contributed by atoms with Crippen molar-refractivity contribution in [3.8, 4) is 5.75 Å². The number of anilines is 3. The molecular weight excluding hydrogens is 306 g/mol. The predicted molar refractivity (Wildman–Crippen MR) is 93.5 cm³/mol. The molecule has 0 unspecified atom stereocenters. The minimum Gasteiger partial charge on any atom is -0.495 e. The normalized spacial score (nSPS) is 14.4. The molecule has 2 aromatic rings. The number of rotatable bonds is 4. The van der Waals surface area contributed by atoms with Gasteiger partial charge in [0.25, 0.3) is 0 Å². The van der Waals surface area contributed by atoms with Crippen molar-refractivity contribution in [2.24, 2.45) is 0 Å². The van der Waals surface area contributed by atoms with Gasteiger partial charge in [-0.2, -0.15) is 0 Å². The van der Waals surface area contributed by atoms with E-state index in [1.54, 1.807) is 20.1 Å². The Hall–Kier alpha value is -3.02. The van der Waals surface area contributed by atoms with Gasteiger partial charge in [-0.05, 0) is 31.2 Å². The van der Waals surface area contributed by atoms with Crippen LogP contribution in [0.15, 0.2) is 48.5 Å². The van der Waals surface area contributed by atoms with E-state index in [2.05, 4.69) is 10.6 Å². The Bertz CT molecular complexity index is 776. The summed E-state index contributed by atoms with van der Waals surface area (Å²) in [4.78, 5) is 26.2. The first-order valence-electron chi connectivity index (χ1n) is 7.70. The molecule has 0 fully saturated rings. The van der Waals surface area contributed by atoms with Crippen LogP contribution in [0.3, 0.4) is 0 Å². The average molecular weight is 325 g/mol. The number of carbonyl (C=O) groups is 2. The number of amides is 2. The van der Waals surface area contributed by atoms with E-state index in [-0.39, 0.29) is 18.4 Å². The van der Waals surface area contributed by atoms with Crippen LogP contribution in [0.2, 0.25) is 0 Å². The van der Waals surface area contributed by atoms with Crippen LogP contribution >= 0.6 is 0 Å². The fraction of sp³-hybridized carbons (Fsp3) is 0.222. The lowest BCUT2D eigenvalue weighted by molar-refractivity contribution is -0.122. The quantitative estimate of drug-likeness (QED) is 0.906. The van der Waals surface area contributed by atoms with Crippen LogP contribution in [0.5, 0.6) is 5.75 Å². The predicted octanol–water partition coefficient (Wildman–Crippen LogP) is 2.48. The number of hydrogen-bond donors (Lipinski definition) is 2. The lowest BCUT2D eigenvalue weighted by Gasteiger charge is -2.31. The number of nitrogens with zero attached hydrogens (tertiary/aromatic N) is 1. The molecule has 6 nitrogen and oxygen atoms in total. The Kier molecular flexibility index (Phi) is 4.37. The highest BCUT2D eigenvalue weighted by molar-refractivity contribution is 6.11. The molecule has 1 aliphatic heterocycles. The van der Waals surface area contributed by atoms with E-state index in [9.17, 15) is 9.59 Å². The third-order valence-corrected chi connectivity index (χ3v) is 3.89. The molecule has 1 atom stereocenters. The summed E-state index contributed by atoms with van der Waals surface area (Å²) >= 11 is 0. The van der Waals surface area contributed by atoms with E-state index in [4.69, 9.17) is 4.74 Å². The molecule has 124 valence electrons. The summed E-state index contributed by atoms with van der Waals surface area (Å²) in [6, 6.07) is 14.2. The maximum absolute atomic E-state index is 12.9. The van der Waals surface area contributed by atoms with E-state index in [0.717, 1.165) is 5.69 Å². The SMILES string of the molecule is COc1ccccc1N[C@@H](C)C(=O)N1CC(=O)Nc2ccccc21. The van der Waals surface area contributed by atoms with Gasteiger partial charge in [0.05, 0.1) is 24.2 Å². The molecule has 0 aliphatic carbocycles. The number of fused-ring (bicyclic) bond motifs is 1. The molecule has 6 heteroatoms. The van der Waals surface area contributed by atoms with E-state index >= 15 is 0 Å². The van der Waals surface area contributed by atoms with Crippen molar-refractivity contribution in [1.29, 1.82) is 0 Å². The molecule has 0 radical (unpaired) electrons. The summed E-state index contributed by atoms with van der Waals surface area (Å²) < 4.78 is 5.29. The van der Waals surface area contributed by atoms with Crippen LogP contribution in [0.25, 0.3) is 0 Å². The number of nitrogens with one attached hydrogen (secondary N) is 2. The number of ether oxygens (including phenoxy) is 1. The van der Waals surface area contributed by atoms with Gasteiger partial charge in [0, 0.05) is 0 Å². The maximum Gasteiger partial charge on any atom is 0.249 e. The summed E-state index contributed by atoms with van der Waals surface area (Å²) in [7, 11) is 1.58. The van der Waals surface area contributed by atoms with Crippen LogP contribution in [0.1, 0.15) is 6.92 Å². The van der Waals surface area contributed by atoms with Gasteiger partial charge in [-0.1, -0.05) is 24.3 Å². The zero-order chi connectivity index (χ0) is 17.1. The van der Waals surface area contributed by atoms with Crippen LogP contribution in [-0.4, -0.2) is 31.5 Å². The van der Waals surface area contributed by atoms with E-state index in [0.29, 0.717) is 17.1 Å². The first-order valence-corrected chi connectivity index (χ1v) is 7.70. The number of carbonyl (C=O) groups excluding carboxylic acids is 2. The van der Waals surface area contributed by atoms with Crippen molar-refractivity contribution < 1.29 is 14.3 Å². The minimum absolute atomic E-state index is 0.00773. The van der Waals surface area contributed by atoms with E-state index in [1.807, 2.05) is 42.5 Å². The van der Waals surface area contributed by atoms with E-state index < -0.39 is 6.04 Å². The molecule has 1 aliphatic rings. The van der Waals surface area contributed by atoms with Crippen molar-refractivity contribution >= 4 is 28.9 Å².